The molecule has 0 amide bonds. The third kappa shape index (κ3) is 7.26. The Labute approximate surface area is 254 Å². The van der Waals surface area contributed by atoms with Crippen LogP contribution < -0.4 is 9.62 Å². The van der Waals surface area contributed by atoms with Crippen molar-refractivity contribution in [3.8, 4) is 11.5 Å². The molecule has 0 heterocycles. The number of nitro groups is 2. The lowest BCUT2D eigenvalue weighted by atomic mass is 10.0. The number of aromatic carboxylic acids is 2. The third-order valence-electron chi connectivity index (χ3n) is 6.69. The SMILES string of the molecule is Cc1cc(Cc2ccc(OC(=O)c3c(C(=O)O)cccc3[N+](=O)[O-])c(C)c2)ccc1OOCc1c(C(=O)O)cccc1[N+](=O)[O-]. The Morgan fingerprint density at radius 3 is 1.80 bits per heavy atom. The first kappa shape index (κ1) is 31.8. The zero-order chi connectivity index (χ0) is 32.8. The number of carbonyl (C=O) groups is 3. The number of nitro benzene ring substituents is 2. The van der Waals surface area contributed by atoms with Crippen LogP contribution in [0, 0.1) is 34.1 Å². The molecule has 0 aromatic heterocycles. The van der Waals surface area contributed by atoms with Gasteiger partial charge in [0.1, 0.15) is 12.4 Å². The van der Waals surface area contributed by atoms with Gasteiger partial charge in [-0.15, -0.1) is 0 Å². The van der Waals surface area contributed by atoms with Gasteiger partial charge in [0, 0.05) is 12.1 Å². The number of benzene rings is 4. The van der Waals surface area contributed by atoms with E-state index in [0.29, 0.717) is 23.3 Å². The molecule has 0 fully saturated rings. The number of rotatable bonds is 12. The zero-order valence-corrected chi connectivity index (χ0v) is 23.7. The van der Waals surface area contributed by atoms with Gasteiger partial charge in [0.25, 0.3) is 11.4 Å². The zero-order valence-electron chi connectivity index (χ0n) is 23.7. The minimum Gasteiger partial charge on any atom is -0.478 e. The van der Waals surface area contributed by atoms with Crippen LogP contribution in [-0.4, -0.2) is 38.0 Å². The van der Waals surface area contributed by atoms with Crippen LogP contribution >= 0.6 is 0 Å². The molecule has 0 saturated heterocycles. The molecule has 230 valence electrons. The van der Waals surface area contributed by atoms with Gasteiger partial charge < -0.3 is 19.8 Å². The van der Waals surface area contributed by atoms with Crippen LogP contribution in [0.1, 0.15) is 58.9 Å². The lowest BCUT2D eigenvalue weighted by Gasteiger charge is -2.12. The van der Waals surface area contributed by atoms with E-state index in [-0.39, 0.29) is 16.9 Å². The van der Waals surface area contributed by atoms with Crippen molar-refractivity contribution in [3.05, 3.63) is 138 Å². The maximum absolute atomic E-state index is 12.8. The summed E-state index contributed by atoms with van der Waals surface area (Å²) in [6, 6.07) is 17.1. The first-order valence-electron chi connectivity index (χ1n) is 13.1. The van der Waals surface area contributed by atoms with E-state index in [2.05, 4.69) is 0 Å². The van der Waals surface area contributed by atoms with E-state index in [1.807, 2.05) is 6.07 Å². The fraction of sp³-hybridized carbons (Fsp3) is 0.129. The summed E-state index contributed by atoms with van der Waals surface area (Å²) in [6.07, 6.45) is 0.447. The van der Waals surface area contributed by atoms with Crippen LogP contribution in [0.25, 0.3) is 0 Å². The maximum Gasteiger partial charge on any atom is 0.351 e. The summed E-state index contributed by atoms with van der Waals surface area (Å²) in [4.78, 5) is 67.6. The highest BCUT2D eigenvalue weighted by molar-refractivity contribution is 6.06. The molecular weight excluding hydrogens is 592 g/mol. The Bertz CT molecular complexity index is 1790. The molecule has 14 nitrogen and oxygen atoms in total. The van der Waals surface area contributed by atoms with Gasteiger partial charge in [-0.25, -0.2) is 14.4 Å². The van der Waals surface area contributed by atoms with Gasteiger partial charge in [0.2, 0.25) is 0 Å². The minimum atomic E-state index is -1.51. The number of carboxylic acids is 2. The maximum atomic E-state index is 12.8. The molecule has 4 rings (SSSR count). The molecule has 0 radical (unpaired) electrons. The molecule has 4 aromatic carbocycles. The standard InChI is InChI=1S/C31H24N2O12/c1-17-13-19(9-11-26(17)44-31(38)28-22(30(36)37)6-4-8-25(28)33(41)42)15-20-10-12-27(18(2)14-20)45-43-16-23-21(29(34)35)5-3-7-24(23)32(39)40/h3-14H,15-16H2,1-2H3,(H,34,35)(H,36,37). The molecule has 45 heavy (non-hydrogen) atoms. The average molecular weight is 617 g/mol. The molecule has 0 aliphatic rings. The Hall–Kier alpha value is -6.15. The van der Waals surface area contributed by atoms with E-state index >= 15 is 0 Å². The van der Waals surface area contributed by atoms with E-state index in [9.17, 15) is 44.8 Å². The van der Waals surface area contributed by atoms with Crippen molar-refractivity contribution in [3.63, 3.8) is 0 Å². The molecule has 0 spiro atoms. The van der Waals surface area contributed by atoms with E-state index in [1.165, 1.54) is 30.3 Å². The first-order chi connectivity index (χ1) is 21.4. The Morgan fingerprint density at radius 2 is 1.27 bits per heavy atom. The summed E-state index contributed by atoms with van der Waals surface area (Å²) in [7, 11) is 0. The fourth-order valence-corrected chi connectivity index (χ4v) is 4.57. The lowest BCUT2D eigenvalue weighted by Crippen LogP contribution is -2.17. The number of hydrogen-bond acceptors (Lipinski definition) is 10. The number of esters is 1. The van der Waals surface area contributed by atoms with E-state index in [0.717, 1.165) is 23.3 Å². The van der Waals surface area contributed by atoms with Crippen molar-refractivity contribution in [2.75, 3.05) is 0 Å². The molecule has 2 N–H and O–H groups in total. The molecule has 4 aromatic rings. The van der Waals surface area contributed by atoms with Gasteiger partial charge in [-0.1, -0.05) is 36.4 Å². The summed E-state index contributed by atoms with van der Waals surface area (Å²) in [5, 5.41) is 41.5. The Morgan fingerprint density at radius 1 is 0.733 bits per heavy atom. The number of nitrogens with zero attached hydrogens (tertiary/aromatic N) is 2. The first-order valence-corrected chi connectivity index (χ1v) is 13.1. The third-order valence-corrected chi connectivity index (χ3v) is 6.69. The predicted molar refractivity (Wildman–Crippen MR) is 156 cm³/mol. The van der Waals surface area contributed by atoms with Crippen molar-refractivity contribution in [1.82, 2.24) is 0 Å². The van der Waals surface area contributed by atoms with Crippen molar-refractivity contribution in [1.29, 1.82) is 0 Å². The molecule has 0 unspecified atom stereocenters. The van der Waals surface area contributed by atoms with Crippen LogP contribution in [0.5, 0.6) is 11.5 Å². The molecule has 0 aliphatic carbocycles. The second kappa shape index (κ2) is 13.4. The smallest absolute Gasteiger partial charge is 0.351 e. The summed E-state index contributed by atoms with van der Waals surface area (Å²) < 4.78 is 5.36. The molecular formula is C31H24N2O12. The summed E-state index contributed by atoms with van der Waals surface area (Å²) >= 11 is 0. The average Bonchev–Trinajstić information content (AvgIpc) is 2.98. The molecule has 0 aliphatic heterocycles. The number of carboxylic acid groups (broad SMARTS) is 2. The number of carbonyl (C=O) groups excluding carboxylic acids is 1. The highest BCUT2D eigenvalue weighted by Crippen LogP contribution is 2.29. The minimum absolute atomic E-state index is 0.0972. The van der Waals surface area contributed by atoms with Crippen molar-refractivity contribution in [2.45, 2.75) is 26.9 Å². The van der Waals surface area contributed by atoms with Crippen LogP contribution in [0.3, 0.4) is 0 Å². The predicted octanol–water partition coefficient (Wildman–Crippen LogP) is 5.84. The normalized spacial score (nSPS) is 10.6. The topological polar surface area (TPSA) is 206 Å². The van der Waals surface area contributed by atoms with Gasteiger partial charge in [0.15, 0.2) is 11.3 Å². The summed E-state index contributed by atoms with van der Waals surface area (Å²) in [6.45, 7) is 2.93. The Balaban J connectivity index is 1.44. The number of ether oxygens (including phenoxy) is 1. The second-order valence-electron chi connectivity index (χ2n) is 9.74. The molecule has 0 saturated carbocycles. The van der Waals surface area contributed by atoms with Gasteiger partial charge in [0.05, 0.1) is 26.5 Å². The van der Waals surface area contributed by atoms with Crippen molar-refractivity contribution in [2.24, 2.45) is 0 Å². The lowest BCUT2D eigenvalue weighted by molar-refractivity contribution is -0.386. The van der Waals surface area contributed by atoms with Crippen LogP contribution in [0.2, 0.25) is 0 Å². The highest BCUT2D eigenvalue weighted by atomic mass is 17.2. The van der Waals surface area contributed by atoms with E-state index < -0.39 is 56.9 Å². The van der Waals surface area contributed by atoms with E-state index in [1.54, 1.807) is 38.1 Å². The van der Waals surface area contributed by atoms with Crippen LogP contribution in [0.4, 0.5) is 11.4 Å². The number of aryl methyl sites for hydroxylation is 2. The van der Waals surface area contributed by atoms with Crippen LogP contribution in [-0.2, 0) is 17.9 Å². The molecule has 0 bridgehead atoms. The van der Waals surface area contributed by atoms with Gasteiger partial charge >= 0.3 is 17.9 Å². The van der Waals surface area contributed by atoms with Gasteiger partial charge in [-0.2, -0.15) is 4.89 Å². The summed E-state index contributed by atoms with van der Waals surface area (Å²) in [5.41, 5.74) is 0.148. The number of hydrogen-bond donors (Lipinski definition) is 2. The largest absolute Gasteiger partial charge is 0.478 e. The van der Waals surface area contributed by atoms with Gasteiger partial charge in [-0.3, -0.25) is 20.2 Å². The highest BCUT2D eigenvalue weighted by Gasteiger charge is 2.29. The quantitative estimate of drug-likeness (QED) is 0.0633. The summed E-state index contributed by atoms with van der Waals surface area (Å²) in [5.74, 6) is -3.62. The molecule has 14 heteroatoms. The van der Waals surface area contributed by atoms with Gasteiger partial charge in [-0.05, 0) is 66.8 Å². The molecule has 0 atom stereocenters. The van der Waals surface area contributed by atoms with Crippen LogP contribution in [0.15, 0.2) is 72.8 Å². The van der Waals surface area contributed by atoms with Crippen molar-refractivity contribution < 1.29 is 49.0 Å². The van der Waals surface area contributed by atoms with E-state index in [4.69, 9.17) is 14.5 Å². The fourth-order valence-electron chi connectivity index (χ4n) is 4.57. The van der Waals surface area contributed by atoms with Crippen molar-refractivity contribution >= 4 is 29.3 Å². The second-order valence-corrected chi connectivity index (χ2v) is 9.74. The Kier molecular flexibility index (Phi) is 9.49. The monoisotopic (exact) mass is 616 g/mol.